The molecule has 1 saturated carbocycles. The molecule has 1 atom stereocenters. The minimum atomic E-state index is -0.130. The van der Waals surface area contributed by atoms with Crippen molar-refractivity contribution in [3.63, 3.8) is 0 Å². The summed E-state index contributed by atoms with van der Waals surface area (Å²) in [6.07, 6.45) is 7.93. The maximum absolute atomic E-state index is 12.6. The van der Waals surface area contributed by atoms with E-state index in [1.165, 1.54) is 5.56 Å². The van der Waals surface area contributed by atoms with Gasteiger partial charge in [0, 0.05) is 30.8 Å². The molecule has 1 fully saturated rings. The van der Waals surface area contributed by atoms with E-state index in [2.05, 4.69) is 32.7 Å². The molecule has 0 saturated heterocycles. The fourth-order valence-corrected chi connectivity index (χ4v) is 3.83. The first kappa shape index (κ1) is 18.1. The van der Waals surface area contributed by atoms with Crippen LogP contribution in [-0.2, 0) is 13.0 Å². The fraction of sp³-hybridized carbons (Fsp3) is 0.429. The van der Waals surface area contributed by atoms with Gasteiger partial charge in [-0.15, -0.1) is 0 Å². The number of fused-ring (bicyclic) bond motifs is 1. The Kier molecular flexibility index (Phi) is 4.63. The van der Waals surface area contributed by atoms with Crippen molar-refractivity contribution in [2.45, 2.75) is 50.6 Å². The third-order valence-electron chi connectivity index (χ3n) is 5.59. The summed E-state index contributed by atoms with van der Waals surface area (Å²) in [5, 5.41) is 20.3. The lowest BCUT2D eigenvalue weighted by molar-refractivity contribution is 0.0936. The number of aliphatic hydroxyl groups excluding tert-OH is 1. The van der Waals surface area contributed by atoms with Gasteiger partial charge in [-0.1, -0.05) is 17.3 Å². The van der Waals surface area contributed by atoms with Crippen molar-refractivity contribution < 1.29 is 14.4 Å². The second kappa shape index (κ2) is 7.44. The van der Waals surface area contributed by atoms with Gasteiger partial charge in [0.1, 0.15) is 0 Å². The van der Waals surface area contributed by atoms with Gasteiger partial charge in [-0.25, -0.2) is 0 Å². The average Bonchev–Trinajstić information content (AvgIpc) is 3.15. The summed E-state index contributed by atoms with van der Waals surface area (Å²) < 4.78 is 7.05. The number of carbonyl (C=O) groups is 1. The van der Waals surface area contributed by atoms with E-state index in [4.69, 9.17) is 9.63 Å². The fourth-order valence-electron chi connectivity index (χ4n) is 3.83. The Morgan fingerprint density at radius 3 is 3.03 bits per heavy atom. The zero-order valence-corrected chi connectivity index (χ0v) is 16.0. The number of nitrogens with one attached hydrogen (secondary N) is 1. The number of aliphatic hydroxyl groups is 1. The molecule has 8 heteroatoms. The summed E-state index contributed by atoms with van der Waals surface area (Å²) in [6, 6.07) is 6.15. The zero-order valence-electron chi connectivity index (χ0n) is 16.0. The minimum absolute atomic E-state index is 0.0142. The Hall–Kier alpha value is -3.00. The summed E-state index contributed by atoms with van der Waals surface area (Å²) in [4.78, 5) is 17.1. The van der Waals surface area contributed by atoms with Crippen LogP contribution in [0.1, 0.15) is 65.0 Å². The molecular weight excluding hydrogens is 370 g/mol. The Morgan fingerprint density at radius 2 is 2.21 bits per heavy atom. The lowest BCUT2D eigenvalue weighted by Gasteiger charge is -2.13. The van der Waals surface area contributed by atoms with Crippen molar-refractivity contribution in [1.29, 1.82) is 0 Å². The highest BCUT2D eigenvalue weighted by Gasteiger charge is 2.30. The van der Waals surface area contributed by atoms with Gasteiger partial charge in [0.05, 0.1) is 17.8 Å². The first-order chi connectivity index (χ1) is 14.2. The van der Waals surface area contributed by atoms with Gasteiger partial charge >= 0.3 is 0 Å². The van der Waals surface area contributed by atoms with E-state index in [-0.39, 0.29) is 18.6 Å². The van der Waals surface area contributed by atoms with Crippen LogP contribution in [0.4, 0.5) is 0 Å². The third kappa shape index (κ3) is 3.67. The molecule has 2 aromatic heterocycles. The molecule has 8 nitrogen and oxygen atoms in total. The van der Waals surface area contributed by atoms with Crippen molar-refractivity contribution in [1.82, 2.24) is 25.2 Å². The number of hydrogen-bond donors (Lipinski definition) is 2. The van der Waals surface area contributed by atoms with E-state index in [9.17, 15) is 4.79 Å². The van der Waals surface area contributed by atoms with Crippen molar-refractivity contribution in [2.24, 2.45) is 0 Å². The summed E-state index contributed by atoms with van der Waals surface area (Å²) in [5.41, 5.74) is 3.84. The highest BCUT2D eigenvalue weighted by atomic mass is 16.5. The standard InChI is InChI=1S/C21H23N5O3/c27-9-1-8-26-12-16(11-22-26)20(28)23-18-7-5-14-10-15(4-6-17(14)18)19-24-21(29-25-19)13-2-3-13/h4,6,10-13,18,27H,1-3,5,7-9H2,(H,23,28). The molecule has 0 radical (unpaired) electrons. The van der Waals surface area contributed by atoms with Gasteiger partial charge in [0.25, 0.3) is 5.91 Å². The highest BCUT2D eigenvalue weighted by Crippen LogP contribution is 2.40. The van der Waals surface area contributed by atoms with Crippen LogP contribution >= 0.6 is 0 Å². The Labute approximate surface area is 167 Å². The normalized spacial score (nSPS) is 18.0. The highest BCUT2D eigenvalue weighted by molar-refractivity contribution is 5.94. The van der Waals surface area contributed by atoms with Gasteiger partial charge in [-0.05, 0) is 49.3 Å². The SMILES string of the molecule is O=C(NC1CCc2cc(-c3noc(C4CC4)n3)ccc21)c1cnn(CCCO)c1. The number of benzene rings is 1. The Bertz CT molecular complexity index is 1040. The molecule has 2 N–H and O–H groups in total. The molecule has 0 bridgehead atoms. The molecule has 3 aromatic rings. The van der Waals surface area contributed by atoms with E-state index in [1.807, 2.05) is 6.07 Å². The Balaban J connectivity index is 1.28. The molecule has 0 spiro atoms. The summed E-state index contributed by atoms with van der Waals surface area (Å²) in [7, 11) is 0. The summed E-state index contributed by atoms with van der Waals surface area (Å²) >= 11 is 0. The molecule has 2 heterocycles. The summed E-state index contributed by atoms with van der Waals surface area (Å²) in [6.45, 7) is 0.700. The maximum Gasteiger partial charge on any atom is 0.254 e. The van der Waals surface area contributed by atoms with Crippen LogP contribution in [0.25, 0.3) is 11.4 Å². The van der Waals surface area contributed by atoms with Gasteiger partial charge in [-0.3, -0.25) is 9.48 Å². The van der Waals surface area contributed by atoms with E-state index >= 15 is 0 Å². The second-order valence-electron chi connectivity index (χ2n) is 7.78. The molecule has 2 aliphatic carbocycles. The number of aromatic nitrogens is 4. The van der Waals surface area contributed by atoms with E-state index < -0.39 is 0 Å². The molecule has 0 aliphatic heterocycles. The number of rotatable bonds is 7. The van der Waals surface area contributed by atoms with E-state index in [0.717, 1.165) is 42.7 Å². The zero-order chi connectivity index (χ0) is 19.8. The van der Waals surface area contributed by atoms with Crippen LogP contribution in [0, 0.1) is 0 Å². The van der Waals surface area contributed by atoms with Crippen molar-refractivity contribution in [3.05, 3.63) is 53.2 Å². The van der Waals surface area contributed by atoms with E-state index in [1.54, 1.807) is 17.1 Å². The van der Waals surface area contributed by atoms with Gasteiger partial charge in [0.15, 0.2) is 0 Å². The smallest absolute Gasteiger partial charge is 0.254 e. The third-order valence-corrected chi connectivity index (χ3v) is 5.59. The van der Waals surface area contributed by atoms with Crippen LogP contribution in [0.15, 0.2) is 35.1 Å². The monoisotopic (exact) mass is 393 g/mol. The van der Waals surface area contributed by atoms with Gasteiger partial charge in [-0.2, -0.15) is 10.1 Å². The molecule has 1 unspecified atom stereocenters. The average molecular weight is 393 g/mol. The van der Waals surface area contributed by atoms with Gasteiger partial charge in [0.2, 0.25) is 11.7 Å². The second-order valence-corrected chi connectivity index (χ2v) is 7.78. The number of aryl methyl sites for hydroxylation is 2. The lowest BCUT2D eigenvalue weighted by Crippen LogP contribution is -2.26. The molecule has 1 amide bonds. The number of nitrogens with zero attached hydrogens (tertiary/aromatic N) is 4. The van der Waals surface area contributed by atoms with Crippen molar-refractivity contribution >= 4 is 5.91 Å². The van der Waals surface area contributed by atoms with Crippen LogP contribution in [0.3, 0.4) is 0 Å². The molecule has 2 aliphatic rings. The minimum Gasteiger partial charge on any atom is -0.396 e. The predicted molar refractivity (Wildman–Crippen MR) is 104 cm³/mol. The number of hydrogen-bond acceptors (Lipinski definition) is 6. The van der Waals surface area contributed by atoms with Crippen LogP contribution in [-0.4, -0.2) is 37.5 Å². The Morgan fingerprint density at radius 1 is 1.31 bits per heavy atom. The quantitative estimate of drug-likeness (QED) is 0.639. The van der Waals surface area contributed by atoms with E-state index in [0.29, 0.717) is 30.3 Å². The predicted octanol–water partition coefficient (Wildman–Crippen LogP) is 2.61. The molecule has 1 aromatic carbocycles. The molecule has 29 heavy (non-hydrogen) atoms. The lowest BCUT2D eigenvalue weighted by atomic mass is 10.0. The maximum atomic E-state index is 12.6. The molecule has 150 valence electrons. The van der Waals surface area contributed by atoms with Gasteiger partial charge < -0.3 is 14.9 Å². The number of carbonyl (C=O) groups excluding carboxylic acids is 1. The largest absolute Gasteiger partial charge is 0.396 e. The summed E-state index contributed by atoms with van der Waals surface area (Å²) in [5.74, 6) is 1.69. The first-order valence-corrected chi connectivity index (χ1v) is 10.1. The van der Waals surface area contributed by atoms with Crippen LogP contribution in [0.5, 0.6) is 0 Å². The topological polar surface area (TPSA) is 106 Å². The van der Waals surface area contributed by atoms with Crippen molar-refractivity contribution in [3.8, 4) is 11.4 Å². The molecule has 5 rings (SSSR count). The van der Waals surface area contributed by atoms with Crippen LogP contribution in [0.2, 0.25) is 0 Å². The first-order valence-electron chi connectivity index (χ1n) is 10.1. The molecular formula is C21H23N5O3. The van der Waals surface area contributed by atoms with Crippen molar-refractivity contribution in [2.75, 3.05) is 6.61 Å². The number of amides is 1. The van der Waals surface area contributed by atoms with Crippen LogP contribution < -0.4 is 5.32 Å².